The fourth-order valence-electron chi connectivity index (χ4n) is 9.04. The van der Waals surface area contributed by atoms with Crippen molar-refractivity contribution in [2.75, 3.05) is 0 Å². The third-order valence-electron chi connectivity index (χ3n) is 12.3. The number of nitrogens with zero attached hydrogens (tertiary/aromatic N) is 2. The molecule has 0 amide bonds. The third kappa shape index (κ3) is 18.8. The largest absolute Gasteiger partial charge is 2.00 e. The van der Waals surface area contributed by atoms with Gasteiger partial charge in [-0.1, -0.05) is 139 Å². The van der Waals surface area contributed by atoms with Crippen molar-refractivity contribution in [3.8, 4) is 0 Å². The Morgan fingerprint density at radius 2 is 0.600 bits per heavy atom. The first kappa shape index (κ1) is 58.0. The number of rotatable bonds is 31. The number of hydrogen-bond acceptors (Lipinski definition) is 0. The standard InChI is InChI=1S/C53H86N2.2C2H5.Ni/c1-9-17-25-29-37-51-50(35-24-16-8)52(46-38-42(30-21-13-5)48(34-23-15-7)43(39-46)31-22-14-6)55(54)53(51)47-40-44(32-26-18-10-2)49(36-28-20-12-4)45(41-47)33-27-19-11-3;2*1-2;/h38-41H,9-37H2,1-8H3;2*1H2,2H3;/q;2*-1;+2. The number of allylic oxidation sites excluding steroid dienone is 2. The van der Waals surface area contributed by atoms with Crippen LogP contribution in [0.1, 0.15) is 261 Å². The summed E-state index contributed by atoms with van der Waals surface area (Å²) in [5, 5.41) is 0. The van der Waals surface area contributed by atoms with Gasteiger partial charge in [0.1, 0.15) is 0 Å². The summed E-state index contributed by atoms with van der Waals surface area (Å²) in [5.41, 5.74) is 30.0. The van der Waals surface area contributed by atoms with Gasteiger partial charge in [0.05, 0.1) is 0 Å². The first-order chi connectivity index (χ1) is 28.9. The molecule has 0 bridgehead atoms. The van der Waals surface area contributed by atoms with Crippen LogP contribution in [0.15, 0.2) is 35.4 Å². The van der Waals surface area contributed by atoms with Crippen molar-refractivity contribution in [2.45, 2.75) is 255 Å². The van der Waals surface area contributed by atoms with Crippen LogP contribution in [0.5, 0.6) is 0 Å². The molecule has 0 aromatic heterocycles. The van der Waals surface area contributed by atoms with Crippen molar-refractivity contribution in [3.05, 3.63) is 99.3 Å². The summed E-state index contributed by atoms with van der Waals surface area (Å²) < 4.78 is 1.73. The fourth-order valence-corrected chi connectivity index (χ4v) is 9.04. The summed E-state index contributed by atoms with van der Waals surface area (Å²) in [6.07, 6.45) is 35.0. The van der Waals surface area contributed by atoms with Crippen LogP contribution in [0.4, 0.5) is 0 Å². The van der Waals surface area contributed by atoms with Gasteiger partial charge in [0.25, 0.3) is 0 Å². The molecular weight excluding hydrogens is 771 g/mol. The van der Waals surface area contributed by atoms with Crippen LogP contribution in [-0.2, 0) is 55.0 Å². The first-order valence-corrected chi connectivity index (χ1v) is 25.6. The van der Waals surface area contributed by atoms with Gasteiger partial charge in [-0.15, -0.1) is 0 Å². The maximum atomic E-state index is 12.9. The molecule has 2 aromatic carbocycles. The minimum absolute atomic E-state index is 0. The van der Waals surface area contributed by atoms with Gasteiger partial charge in [-0.05, 0) is 160 Å². The van der Waals surface area contributed by atoms with E-state index in [1.807, 2.05) is 0 Å². The SMILES string of the molecule is CCCCCCC1=C(c2cc(CCCCC)c(CCCCC)c(CCCCC)c2)[N+](=[N-])C(c2cc(CCCC)c(CCCC)c(CCCC)c2)=C1CCCC.[CH2-]C.[CH2-]C.[Ni+2]. The molecular formula is C57H96N2Ni. The molecule has 2 aromatic rings. The Hall–Kier alpha value is -1.99. The minimum atomic E-state index is 0. The number of hydrogen-bond donors (Lipinski definition) is 0. The van der Waals surface area contributed by atoms with Crippen LogP contribution in [-0.4, -0.2) is 4.70 Å². The van der Waals surface area contributed by atoms with E-state index in [1.165, 1.54) is 157 Å². The van der Waals surface area contributed by atoms with E-state index in [9.17, 15) is 5.53 Å². The molecule has 0 saturated carbocycles. The molecule has 0 fully saturated rings. The van der Waals surface area contributed by atoms with E-state index in [0.717, 1.165) is 62.8 Å². The van der Waals surface area contributed by atoms with Crippen LogP contribution in [0.25, 0.3) is 16.9 Å². The Morgan fingerprint density at radius 1 is 0.350 bits per heavy atom. The molecule has 3 rings (SSSR count). The summed E-state index contributed by atoms with van der Waals surface area (Å²) in [6.45, 7) is 28.6. The molecule has 1 heterocycles. The van der Waals surface area contributed by atoms with Crippen LogP contribution >= 0.6 is 0 Å². The predicted octanol–water partition coefficient (Wildman–Crippen LogP) is 18.9. The van der Waals surface area contributed by atoms with E-state index in [1.54, 1.807) is 51.9 Å². The van der Waals surface area contributed by atoms with Crippen molar-refractivity contribution < 1.29 is 21.2 Å². The summed E-state index contributed by atoms with van der Waals surface area (Å²) in [5.74, 6) is 0. The van der Waals surface area contributed by atoms with E-state index < -0.39 is 0 Å². The zero-order chi connectivity index (χ0) is 43.8. The smallest absolute Gasteiger partial charge is 0.493 e. The number of benzene rings is 2. The molecule has 1 aliphatic rings. The Labute approximate surface area is 385 Å². The minimum Gasteiger partial charge on any atom is -0.493 e. The number of unbranched alkanes of at least 4 members (excludes halogenated alkanes) is 13. The van der Waals surface area contributed by atoms with Gasteiger partial charge >= 0.3 is 16.5 Å². The normalized spacial score (nSPS) is 12.4. The molecule has 0 saturated heterocycles. The summed E-state index contributed by atoms with van der Waals surface area (Å²) in [4.78, 5) is 0. The molecule has 3 heteroatoms. The second kappa shape index (κ2) is 36.5. The van der Waals surface area contributed by atoms with Crippen LogP contribution in [0.3, 0.4) is 0 Å². The Kier molecular flexibility index (Phi) is 35.3. The topological polar surface area (TPSA) is 25.3 Å². The summed E-state index contributed by atoms with van der Waals surface area (Å²) in [7, 11) is 0. The van der Waals surface area contributed by atoms with Gasteiger partial charge < -0.3 is 19.4 Å². The Morgan fingerprint density at radius 3 is 0.967 bits per heavy atom. The molecule has 0 N–H and O–H groups in total. The van der Waals surface area contributed by atoms with Gasteiger partial charge in [0, 0.05) is 22.3 Å². The van der Waals surface area contributed by atoms with Crippen LogP contribution in [0, 0.1) is 13.8 Å². The van der Waals surface area contributed by atoms with Gasteiger partial charge in [-0.2, -0.15) is 13.8 Å². The summed E-state index contributed by atoms with van der Waals surface area (Å²) in [6, 6.07) is 10.2. The average molecular weight is 868 g/mol. The second-order valence-electron chi connectivity index (χ2n) is 17.1. The van der Waals surface area contributed by atoms with Crippen molar-refractivity contribution in [2.24, 2.45) is 0 Å². The average Bonchev–Trinajstić information content (AvgIpc) is 3.54. The van der Waals surface area contributed by atoms with Gasteiger partial charge in [0.15, 0.2) is 0 Å². The van der Waals surface area contributed by atoms with E-state index in [4.69, 9.17) is 0 Å². The van der Waals surface area contributed by atoms with Gasteiger partial charge in [0.2, 0.25) is 11.4 Å². The molecule has 0 radical (unpaired) electrons. The maximum Gasteiger partial charge on any atom is 2.00 e. The third-order valence-corrected chi connectivity index (χ3v) is 12.3. The van der Waals surface area contributed by atoms with Crippen molar-refractivity contribution in [1.29, 1.82) is 0 Å². The molecule has 1 aliphatic heterocycles. The van der Waals surface area contributed by atoms with Crippen LogP contribution < -0.4 is 0 Å². The first-order valence-electron chi connectivity index (χ1n) is 25.6. The maximum absolute atomic E-state index is 12.9. The molecule has 60 heavy (non-hydrogen) atoms. The van der Waals surface area contributed by atoms with Gasteiger partial charge in [-0.25, -0.2) is 4.70 Å². The molecule has 2 nitrogen and oxygen atoms in total. The van der Waals surface area contributed by atoms with Crippen molar-refractivity contribution in [3.63, 3.8) is 0 Å². The Bertz CT molecular complexity index is 1430. The van der Waals surface area contributed by atoms with E-state index >= 15 is 0 Å². The fraction of sp³-hybridized carbons (Fsp3) is 0.684. The monoisotopic (exact) mass is 867 g/mol. The van der Waals surface area contributed by atoms with Gasteiger partial charge in [-0.3, -0.25) is 0 Å². The zero-order valence-electron chi connectivity index (χ0n) is 41.4. The molecule has 0 unspecified atom stereocenters. The molecule has 0 atom stereocenters. The van der Waals surface area contributed by atoms with Crippen molar-refractivity contribution >= 4 is 11.4 Å². The van der Waals surface area contributed by atoms with E-state index in [2.05, 4.69) is 93.5 Å². The van der Waals surface area contributed by atoms with E-state index in [-0.39, 0.29) is 16.5 Å². The number of aryl methyl sites for hydroxylation is 4. The quantitative estimate of drug-likeness (QED) is 0.0312. The Balaban J connectivity index is 0.00000675. The van der Waals surface area contributed by atoms with Crippen molar-refractivity contribution in [1.82, 2.24) is 0 Å². The van der Waals surface area contributed by atoms with Crippen LogP contribution in [0.2, 0.25) is 0 Å². The molecule has 0 spiro atoms. The molecule has 0 aliphatic carbocycles. The molecule has 344 valence electrons. The summed E-state index contributed by atoms with van der Waals surface area (Å²) >= 11 is 0. The predicted molar refractivity (Wildman–Crippen MR) is 266 cm³/mol. The second-order valence-corrected chi connectivity index (χ2v) is 17.1. The zero-order valence-corrected chi connectivity index (χ0v) is 42.4. The van der Waals surface area contributed by atoms with E-state index in [0.29, 0.717) is 0 Å².